The number of likely N-dealkylation sites (N-methyl/N-ethyl adjacent to an activating group) is 1. The molecule has 0 saturated carbocycles. The molecule has 0 bridgehead atoms. The van der Waals surface area contributed by atoms with E-state index in [9.17, 15) is 9.59 Å². The van der Waals surface area contributed by atoms with Crippen LogP contribution >= 0.6 is 0 Å². The molecule has 0 radical (unpaired) electrons. The molecule has 1 aromatic rings. The van der Waals surface area contributed by atoms with Gasteiger partial charge in [0.05, 0.1) is 5.69 Å². The van der Waals surface area contributed by atoms with E-state index in [1.54, 1.807) is 17.8 Å². The first-order valence-corrected chi connectivity index (χ1v) is 6.13. The van der Waals surface area contributed by atoms with Crippen LogP contribution in [0.15, 0.2) is 22.2 Å². The van der Waals surface area contributed by atoms with E-state index in [0.29, 0.717) is 25.1 Å². The fraction of sp³-hybridized carbons (Fsp3) is 0.500. The van der Waals surface area contributed by atoms with Crippen LogP contribution in [-0.4, -0.2) is 23.6 Å². The van der Waals surface area contributed by atoms with Gasteiger partial charge in [-0.2, -0.15) is 0 Å². The second kappa shape index (κ2) is 5.16. The maximum Gasteiger partial charge on any atom is 0.252 e. The number of anilines is 1. The zero-order valence-electron chi connectivity index (χ0n) is 10.9. The zero-order chi connectivity index (χ0) is 14.0. The third-order valence-electron chi connectivity index (χ3n) is 3.38. The summed E-state index contributed by atoms with van der Waals surface area (Å²) in [6.07, 6.45) is 2.84. The number of aryl methyl sites for hydroxylation is 2. The quantitative estimate of drug-likeness (QED) is 0.458. The van der Waals surface area contributed by atoms with E-state index in [-0.39, 0.29) is 11.5 Å². The summed E-state index contributed by atoms with van der Waals surface area (Å²) >= 11 is 0. The van der Waals surface area contributed by atoms with E-state index in [0.717, 1.165) is 5.56 Å². The summed E-state index contributed by atoms with van der Waals surface area (Å²) in [6.45, 7) is 2.48. The number of carbonyl (C=O) groups excluding carboxylic acids is 1. The van der Waals surface area contributed by atoms with E-state index in [4.69, 9.17) is 5.53 Å². The molecule has 0 N–H and O–H groups in total. The molecular weight excluding hydrogens is 246 g/mol. The van der Waals surface area contributed by atoms with Crippen molar-refractivity contribution in [2.75, 3.05) is 11.9 Å². The van der Waals surface area contributed by atoms with Crippen molar-refractivity contribution >= 4 is 11.6 Å². The van der Waals surface area contributed by atoms with Gasteiger partial charge in [-0.3, -0.25) is 9.59 Å². The summed E-state index contributed by atoms with van der Waals surface area (Å²) in [6, 6.07) is 0.766. The highest BCUT2D eigenvalue weighted by atomic mass is 16.2. The number of hydrogen-bond donors (Lipinski definition) is 0. The van der Waals surface area contributed by atoms with Crippen molar-refractivity contribution in [2.45, 2.75) is 32.4 Å². The SMILES string of the molecule is CCn1cc2c(cc1=O)N(C)C(=O)C(N=[N+]=[N-])CC2. The highest BCUT2D eigenvalue weighted by Crippen LogP contribution is 2.25. The Labute approximate surface area is 110 Å². The Morgan fingerprint density at radius 1 is 1.53 bits per heavy atom. The van der Waals surface area contributed by atoms with Crippen LogP contribution < -0.4 is 10.5 Å². The van der Waals surface area contributed by atoms with E-state index in [1.165, 1.54) is 11.0 Å². The van der Waals surface area contributed by atoms with Crippen molar-refractivity contribution in [3.8, 4) is 0 Å². The first kappa shape index (κ1) is 13.2. The first-order chi connectivity index (χ1) is 9.08. The van der Waals surface area contributed by atoms with Gasteiger partial charge < -0.3 is 9.47 Å². The van der Waals surface area contributed by atoms with E-state index in [2.05, 4.69) is 10.0 Å². The molecule has 2 rings (SSSR count). The second-order valence-corrected chi connectivity index (χ2v) is 4.46. The van der Waals surface area contributed by atoms with Gasteiger partial charge in [0.1, 0.15) is 6.04 Å². The largest absolute Gasteiger partial charge is 0.315 e. The van der Waals surface area contributed by atoms with Crippen LogP contribution in [-0.2, 0) is 17.8 Å². The Morgan fingerprint density at radius 3 is 2.89 bits per heavy atom. The molecule has 0 saturated heterocycles. The fourth-order valence-electron chi connectivity index (χ4n) is 2.29. The third-order valence-corrected chi connectivity index (χ3v) is 3.38. The summed E-state index contributed by atoms with van der Waals surface area (Å²) in [5.41, 5.74) is 9.89. The average Bonchev–Trinajstić information content (AvgIpc) is 2.51. The summed E-state index contributed by atoms with van der Waals surface area (Å²) in [5.74, 6) is -0.273. The predicted molar refractivity (Wildman–Crippen MR) is 71.0 cm³/mol. The van der Waals surface area contributed by atoms with Crippen LogP contribution in [0, 0.1) is 0 Å². The summed E-state index contributed by atoms with van der Waals surface area (Å²) in [7, 11) is 1.60. The topological polar surface area (TPSA) is 91.1 Å². The number of rotatable bonds is 2. The van der Waals surface area contributed by atoms with Crippen LogP contribution in [0.1, 0.15) is 18.9 Å². The molecular formula is C12H15N5O2. The number of hydrogen-bond acceptors (Lipinski definition) is 3. The molecule has 7 nitrogen and oxygen atoms in total. The minimum atomic E-state index is -0.701. The van der Waals surface area contributed by atoms with E-state index < -0.39 is 6.04 Å². The van der Waals surface area contributed by atoms with Crippen molar-refractivity contribution in [3.63, 3.8) is 0 Å². The van der Waals surface area contributed by atoms with Crippen LogP contribution in [0.5, 0.6) is 0 Å². The van der Waals surface area contributed by atoms with Gasteiger partial charge in [0, 0.05) is 30.8 Å². The number of fused-ring (bicyclic) bond motifs is 1. The first-order valence-electron chi connectivity index (χ1n) is 6.13. The number of amides is 1. The van der Waals surface area contributed by atoms with Crippen LogP contribution in [0.2, 0.25) is 0 Å². The Hall–Kier alpha value is -2.27. The van der Waals surface area contributed by atoms with Gasteiger partial charge in [-0.15, -0.1) is 0 Å². The Bertz CT molecular complexity index is 615. The zero-order valence-corrected chi connectivity index (χ0v) is 10.9. The van der Waals surface area contributed by atoms with Crippen molar-refractivity contribution in [1.29, 1.82) is 0 Å². The van der Waals surface area contributed by atoms with E-state index >= 15 is 0 Å². The molecule has 7 heteroatoms. The summed E-state index contributed by atoms with van der Waals surface area (Å²) in [5, 5.41) is 3.53. The maximum absolute atomic E-state index is 12.1. The minimum absolute atomic E-state index is 0.136. The van der Waals surface area contributed by atoms with Gasteiger partial charge in [0.15, 0.2) is 0 Å². The molecule has 0 spiro atoms. The number of aromatic nitrogens is 1. The summed E-state index contributed by atoms with van der Waals surface area (Å²) < 4.78 is 1.60. The van der Waals surface area contributed by atoms with Gasteiger partial charge >= 0.3 is 0 Å². The fourth-order valence-corrected chi connectivity index (χ4v) is 2.29. The third kappa shape index (κ3) is 2.32. The van der Waals surface area contributed by atoms with Crippen LogP contribution in [0.3, 0.4) is 0 Å². The monoisotopic (exact) mass is 261 g/mol. The number of nitrogens with zero attached hydrogens (tertiary/aromatic N) is 5. The maximum atomic E-state index is 12.1. The molecule has 1 aromatic heterocycles. The van der Waals surface area contributed by atoms with Crippen molar-refractivity contribution in [1.82, 2.24) is 4.57 Å². The summed E-state index contributed by atoms with van der Waals surface area (Å²) in [4.78, 5) is 28.1. The van der Waals surface area contributed by atoms with Crippen LogP contribution in [0.25, 0.3) is 10.4 Å². The van der Waals surface area contributed by atoms with Crippen molar-refractivity contribution in [3.05, 3.63) is 38.6 Å². The lowest BCUT2D eigenvalue weighted by atomic mass is 10.1. The van der Waals surface area contributed by atoms with Crippen LogP contribution in [0.4, 0.5) is 5.69 Å². The second-order valence-electron chi connectivity index (χ2n) is 4.46. The lowest BCUT2D eigenvalue weighted by Crippen LogP contribution is -2.34. The number of carbonyl (C=O) groups is 1. The highest BCUT2D eigenvalue weighted by molar-refractivity contribution is 5.98. The smallest absolute Gasteiger partial charge is 0.252 e. The van der Waals surface area contributed by atoms with Gasteiger partial charge in [-0.1, -0.05) is 5.11 Å². The molecule has 19 heavy (non-hydrogen) atoms. The number of pyridine rings is 1. The molecule has 1 amide bonds. The number of azide groups is 1. The molecule has 1 aliphatic rings. The Morgan fingerprint density at radius 2 is 2.26 bits per heavy atom. The molecule has 1 atom stereocenters. The normalized spacial score (nSPS) is 18.5. The lowest BCUT2D eigenvalue weighted by molar-refractivity contribution is -0.119. The van der Waals surface area contributed by atoms with Gasteiger partial charge in [0.2, 0.25) is 5.91 Å². The Kier molecular flexibility index (Phi) is 3.57. The molecule has 1 aliphatic heterocycles. The molecule has 0 aromatic carbocycles. The highest BCUT2D eigenvalue weighted by Gasteiger charge is 2.27. The van der Waals surface area contributed by atoms with E-state index in [1.807, 2.05) is 6.92 Å². The molecule has 0 fully saturated rings. The minimum Gasteiger partial charge on any atom is -0.315 e. The lowest BCUT2D eigenvalue weighted by Gasteiger charge is -2.19. The molecule has 100 valence electrons. The van der Waals surface area contributed by atoms with Crippen molar-refractivity contribution in [2.24, 2.45) is 5.11 Å². The molecule has 0 aliphatic carbocycles. The van der Waals surface area contributed by atoms with Gasteiger partial charge in [-0.05, 0) is 30.9 Å². The van der Waals surface area contributed by atoms with Crippen molar-refractivity contribution < 1.29 is 4.79 Å². The van der Waals surface area contributed by atoms with Gasteiger partial charge in [-0.25, -0.2) is 0 Å². The molecule has 1 unspecified atom stereocenters. The Balaban J connectivity index is 2.51. The van der Waals surface area contributed by atoms with Gasteiger partial charge in [0.25, 0.3) is 5.56 Å². The average molecular weight is 261 g/mol. The standard InChI is InChI=1S/C12H15N5O2/c1-3-17-7-8-4-5-9(14-15-13)12(19)16(2)10(8)6-11(17)18/h6-7,9H,3-5H2,1-2H3. The molecule has 2 heterocycles. The predicted octanol–water partition coefficient (Wildman–Crippen LogP) is 1.46.